The molecule has 4 atom stereocenters. The van der Waals surface area contributed by atoms with Gasteiger partial charge in [0, 0.05) is 6.20 Å². The molecule has 5 N–H and O–H groups in total. The van der Waals surface area contributed by atoms with Gasteiger partial charge >= 0.3 is 0 Å². The van der Waals surface area contributed by atoms with Crippen molar-refractivity contribution in [3.63, 3.8) is 0 Å². The lowest BCUT2D eigenvalue weighted by Crippen LogP contribution is -2.33. The summed E-state index contributed by atoms with van der Waals surface area (Å²) < 4.78 is 20.5. The summed E-state index contributed by atoms with van der Waals surface area (Å²) in [6.45, 7) is -0.465. The summed E-state index contributed by atoms with van der Waals surface area (Å²) in [5, 5.41) is 28.7. The van der Waals surface area contributed by atoms with Crippen molar-refractivity contribution in [2.45, 2.75) is 24.5 Å². The molecule has 0 saturated carbocycles. The van der Waals surface area contributed by atoms with Gasteiger partial charge in [0.2, 0.25) is 0 Å². The molecular formula is C11H13FN4O4. The van der Waals surface area contributed by atoms with Crippen molar-refractivity contribution in [1.82, 2.24) is 14.5 Å². The van der Waals surface area contributed by atoms with Crippen LogP contribution in [-0.2, 0) is 4.74 Å². The van der Waals surface area contributed by atoms with Gasteiger partial charge in [-0.2, -0.15) is 0 Å². The summed E-state index contributed by atoms with van der Waals surface area (Å²) >= 11 is 0. The van der Waals surface area contributed by atoms with Crippen LogP contribution in [0, 0.1) is 5.82 Å². The number of aliphatic hydroxyl groups is 3. The first-order valence-electron chi connectivity index (χ1n) is 5.93. The van der Waals surface area contributed by atoms with Gasteiger partial charge in [-0.3, -0.25) is 0 Å². The van der Waals surface area contributed by atoms with Crippen molar-refractivity contribution < 1.29 is 24.4 Å². The Morgan fingerprint density at radius 2 is 2.10 bits per heavy atom. The van der Waals surface area contributed by atoms with Gasteiger partial charge in [0.25, 0.3) is 0 Å². The van der Waals surface area contributed by atoms with Crippen molar-refractivity contribution >= 4 is 16.9 Å². The molecule has 0 radical (unpaired) electrons. The SMILES string of the molecule is Nc1ncnc2c1c(F)cn2[C@@H]1O[C@H](CO)[C@@H](O)[C@@H]1O. The smallest absolute Gasteiger partial charge is 0.164 e. The number of aliphatic hydroxyl groups excluding tert-OH is 3. The van der Waals surface area contributed by atoms with Gasteiger partial charge in [-0.1, -0.05) is 0 Å². The number of anilines is 1. The number of aromatic nitrogens is 3. The van der Waals surface area contributed by atoms with Crippen LogP contribution in [0.1, 0.15) is 6.23 Å². The first-order chi connectivity index (χ1) is 9.54. The Kier molecular flexibility index (Phi) is 3.05. The number of fused-ring (bicyclic) bond motifs is 1. The van der Waals surface area contributed by atoms with Gasteiger partial charge in [0.05, 0.1) is 12.0 Å². The average Bonchev–Trinajstić information content (AvgIpc) is 2.90. The molecule has 0 amide bonds. The topological polar surface area (TPSA) is 127 Å². The van der Waals surface area contributed by atoms with E-state index in [4.69, 9.17) is 15.6 Å². The predicted octanol–water partition coefficient (Wildman–Crippen LogP) is -1.24. The highest BCUT2D eigenvalue weighted by molar-refractivity contribution is 5.86. The monoisotopic (exact) mass is 284 g/mol. The lowest BCUT2D eigenvalue weighted by molar-refractivity contribution is -0.0510. The van der Waals surface area contributed by atoms with E-state index in [-0.39, 0.29) is 16.9 Å². The number of nitrogens with two attached hydrogens (primary N) is 1. The molecule has 8 nitrogen and oxygen atoms in total. The van der Waals surface area contributed by atoms with E-state index in [2.05, 4.69) is 9.97 Å². The van der Waals surface area contributed by atoms with E-state index in [1.54, 1.807) is 0 Å². The maximum Gasteiger partial charge on any atom is 0.164 e. The Labute approximate surface area is 112 Å². The van der Waals surface area contributed by atoms with Crippen LogP contribution in [0.25, 0.3) is 11.0 Å². The van der Waals surface area contributed by atoms with Crippen LogP contribution >= 0.6 is 0 Å². The van der Waals surface area contributed by atoms with Crippen LogP contribution in [0.15, 0.2) is 12.5 Å². The summed E-state index contributed by atoms with van der Waals surface area (Å²) in [5.41, 5.74) is 5.73. The summed E-state index contributed by atoms with van der Waals surface area (Å²) in [4.78, 5) is 7.61. The standard InChI is InChI=1S/C11H13FN4O4/c12-4-1-16(10-6(4)9(13)14-3-15-10)11-8(19)7(18)5(2-17)20-11/h1,3,5,7-8,11,17-19H,2H2,(H2,13,14,15)/t5-,7-,8+,11-/m1/s1. The van der Waals surface area contributed by atoms with Crippen molar-refractivity contribution in [3.05, 3.63) is 18.3 Å². The van der Waals surface area contributed by atoms with E-state index in [1.165, 1.54) is 4.57 Å². The second kappa shape index (κ2) is 4.63. The van der Waals surface area contributed by atoms with Crippen LogP contribution in [0.4, 0.5) is 10.2 Å². The maximum atomic E-state index is 13.9. The summed E-state index contributed by atoms with van der Waals surface area (Å²) in [6, 6.07) is 0. The Balaban J connectivity index is 2.10. The average molecular weight is 284 g/mol. The molecule has 1 aliphatic rings. The zero-order chi connectivity index (χ0) is 14.4. The third kappa shape index (κ3) is 1.75. The Morgan fingerprint density at radius 1 is 1.35 bits per heavy atom. The van der Waals surface area contributed by atoms with E-state index in [1.807, 2.05) is 0 Å². The van der Waals surface area contributed by atoms with Crippen LogP contribution in [-0.4, -0.2) is 54.8 Å². The highest BCUT2D eigenvalue weighted by Crippen LogP contribution is 2.33. The zero-order valence-corrected chi connectivity index (χ0v) is 10.2. The van der Waals surface area contributed by atoms with Crippen molar-refractivity contribution in [1.29, 1.82) is 0 Å². The molecule has 3 rings (SSSR count). The van der Waals surface area contributed by atoms with Crippen molar-refractivity contribution in [2.24, 2.45) is 0 Å². The molecular weight excluding hydrogens is 271 g/mol. The Hall–Kier alpha value is -1.81. The van der Waals surface area contributed by atoms with E-state index < -0.39 is 37.0 Å². The number of nitrogen functional groups attached to an aromatic ring is 1. The van der Waals surface area contributed by atoms with E-state index in [9.17, 15) is 14.6 Å². The molecule has 2 aromatic heterocycles. The fraction of sp³-hybridized carbons (Fsp3) is 0.455. The van der Waals surface area contributed by atoms with Crippen molar-refractivity contribution in [3.8, 4) is 0 Å². The normalized spacial score (nSPS) is 30.2. The van der Waals surface area contributed by atoms with Gasteiger partial charge in [-0.05, 0) is 0 Å². The molecule has 2 aromatic rings. The first-order valence-corrected chi connectivity index (χ1v) is 5.93. The highest BCUT2D eigenvalue weighted by atomic mass is 19.1. The number of ether oxygens (including phenoxy) is 1. The number of halogens is 1. The van der Waals surface area contributed by atoms with Gasteiger partial charge in [-0.15, -0.1) is 0 Å². The van der Waals surface area contributed by atoms with E-state index in [0.717, 1.165) is 12.5 Å². The Morgan fingerprint density at radius 3 is 2.75 bits per heavy atom. The minimum absolute atomic E-state index is 0.0187. The number of nitrogens with zero attached hydrogens (tertiary/aromatic N) is 3. The van der Waals surface area contributed by atoms with Crippen LogP contribution < -0.4 is 5.73 Å². The predicted molar refractivity (Wildman–Crippen MR) is 64.9 cm³/mol. The van der Waals surface area contributed by atoms with Gasteiger partial charge < -0.3 is 30.4 Å². The number of rotatable bonds is 2. The number of hydrogen-bond acceptors (Lipinski definition) is 7. The first kappa shape index (κ1) is 13.2. The highest BCUT2D eigenvalue weighted by Gasteiger charge is 2.44. The van der Waals surface area contributed by atoms with Crippen molar-refractivity contribution in [2.75, 3.05) is 12.3 Å². The van der Waals surface area contributed by atoms with Gasteiger partial charge in [-0.25, -0.2) is 14.4 Å². The molecule has 108 valence electrons. The van der Waals surface area contributed by atoms with Gasteiger partial charge in [0.15, 0.2) is 17.7 Å². The summed E-state index contributed by atoms with van der Waals surface area (Å²) in [7, 11) is 0. The summed E-state index contributed by atoms with van der Waals surface area (Å²) in [6.07, 6.45) is -2.38. The van der Waals surface area contributed by atoms with E-state index in [0.29, 0.717) is 0 Å². The molecule has 1 fully saturated rings. The minimum atomic E-state index is -1.32. The fourth-order valence-corrected chi connectivity index (χ4v) is 2.37. The molecule has 0 aliphatic carbocycles. The van der Waals surface area contributed by atoms with Crippen LogP contribution in [0.5, 0.6) is 0 Å². The molecule has 9 heteroatoms. The largest absolute Gasteiger partial charge is 0.394 e. The molecule has 0 spiro atoms. The van der Waals surface area contributed by atoms with Gasteiger partial charge in [0.1, 0.15) is 30.5 Å². The minimum Gasteiger partial charge on any atom is -0.394 e. The second-order valence-electron chi connectivity index (χ2n) is 4.57. The molecule has 0 aromatic carbocycles. The summed E-state index contributed by atoms with van der Waals surface area (Å²) in [5.74, 6) is -0.686. The number of hydrogen-bond donors (Lipinski definition) is 4. The molecule has 3 heterocycles. The second-order valence-corrected chi connectivity index (χ2v) is 4.57. The molecule has 0 bridgehead atoms. The quantitative estimate of drug-likeness (QED) is 0.543. The third-order valence-electron chi connectivity index (χ3n) is 3.38. The molecule has 20 heavy (non-hydrogen) atoms. The lowest BCUT2D eigenvalue weighted by Gasteiger charge is -2.16. The maximum absolute atomic E-state index is 13.9. The fourth-order valence-electron chi connectivity index (χ4n) is 2.37. The molecule has 1 aliphatic heterocycles. The lowest BCUT2D eigenvalue weighted by atomic mass is 10.1. The Bertz CT molecular complexity index is 649. The third-order valence-corrected chi connectivity index (χ3v) is 3.38. The molecule has 0 unspecified atom stereocenters. The zero-order valence-electron chi connectivity index (χ0n) is 10.2. The van der Waals surface area contributed by atoms with Crippen LogP contribution in [0.3, 0.4) is 0 Å². The molecule has 1 saturated heterocycles. The van der Waals surface area contributed by atoms with E-state index >= 15 is 0 Å². The van der Waals surface area contributed by atoms with Crippen LogP contribution in [0.2, 0.25) is 0 Å².